The van der Waals surface area contributed by atoms with E-state index in [4.69, 9.17) is 4.74 Å². The van der Waals surface area contributed by atoms with Crippen LogP contribution in [0.4, 0.5) is 0 Å². The topological polar surface area (TPSA) is 21.3 Å². The van der Waals surface area contributed by atoms with Gasteiger partial charge in [0, 0.05) is 6.04 Å². The van der Waals surface area contributed by atoms with Crippen molar-refractivity contribution < 1.29 is 4.74 Å². The molecule has 0 aliphatic heterocycles. The highest BCUT2D eigenvalue weighted by atomic mass is 16.5. The normalized spacial score (nSPS) is 19.6. The van der Waals surface area contributed by atoms with E-state index in [2.05, 4.69) is 44.3 Å². The highest BCUT2D eigenvalue weighted by Crippen LogP contribution is 2.37. The second kappa shape index (κ2) is 6.24. The summed E-state index contributed by atoms with van der Waals surface area (Å²) in [5.41, 5.74) is 2.87. The summed E-state index contributed by atoms with van der Waals surface area (Å²) in [6.45, 7) is 7.57. The van der Waals surface area contributed by atoms with E-state index >= 15 is 0 Å². The van der Waals surface area contributed by atoms with E-state index in [-0.39, 0.29) is 0 Å². The zero-order valence-corrected chi connectivity index (χ0v) is 11.8. The van der Waals surface area contributed by atoms with Gasteiger partial charge in [-0.1, -0.05) is 32.4 Å². The summed E-state index contributed by atoms with van der Waals surface area (Å²) in [6, 6.07) is 7.02. The Bertz CT molecular complexity index is 389. The highest BCUT2D eigenvalue weighted by Gasteiger charge is 2.24. The zero-order chi connectivity index (χ0) is 13.0. The minimum atomic E-state index is 0.319. The second-order valence-corrected chi connectivity index (χ2v) is 5.19. The van der Waals surface area contributed by atoms with Crippen LogP contribution in [0.15, 0.2) is 18.2 Å². The first-order chi connectivity index (χ1) is 8.76. The van der Waals surface area contributed by atoms with Crippen LogP contribution in [0.3, 0.4) is 0 Å². The molecule has 0 radical (unpaired) electrons. The van der Waals surface area contributed by atoms with Crippen LogP contribution in [0.5, 0.6) is 5.75 Å². The fraction of sp³-hybridized carbons (Fsp3) is 0.625. The van der Waals surface area contributed by atoms with Gasteiger partial charge in [-0.25, -0.2) is 0 Å². The average molecular weight is 247 g/mol. The Morgan fingerprint density at radius 1 is 1.39 bits per heavy atom. The predicted octanol–water partition coefficient (Wildman–Crippen LogP) is 3.85. The quantitative estimate of drug-likeness (QED) is 0.824. The lowest BCUT2D eigenvalue weighted by molar-refractivity contribution is 0.208. The van der Waals surface area contributed by atoms with Gasteiger partial charge in [0.1, 0.15) is 5.75 Å². The molecule has 1 aromatic carbocycles. The molecule has 18 heavy (non-hydrogen) atoms. The molecule has 2 atom stereocenters. The lowest BCUT2D eigenvalue weighted by atomic mass is 10.1. The van der Waals surface area contributed by atoms with Gasteiger partial charge >= 0.3 is 0 Å². The molecule has 2 rings (SSSR count). The van der Waals surface area contributed by atoms with Gasteiger partial charge in [0.15, 0.2) is 0 Å². The number of ether oxygens (including phenoxy) is 1. The first-order valence-electron chi connectivity index (χ1n) is 7.28. The van der Waals surface area contributed by atoms with Crippen molar-refractivity contribution in [2.24, 2.45) is 0 Å². The van der Waals surface area contributed by atoms with Crippen LogP contribution in [-0.2, 0) is 6.42 Å². The van der Waals surface area contributed by atoms with Crippen LogP contribution in [0.2, 0.25) is 0 Å². The van der Waals surface area contributed by atoms with Gasteiger partial charge in [-0.2, -0.15) is 0 Å². The molecule has 2 unspecified atom stereocenters. The van der Waals surface area contributed by atoms with Gasteiger partial charge in [-0.05, 0) is 49.9 Å². The number of rotatable bonds is 6. The molecule has 1 aromatic rings. The maximum Gasteiger partial charge on any atom is 0.123 e. The Kier molecular flexibility index (Phi) is 4.65. The smallest absolute Gasteiger partial charge is 0.123 e. The predicted molar refractivity (Wildman–Crippen MR) is 76.2 cm³/mol. The molecular formula is C16H25NO. The molecule has 0 fully saturated rings. The van der Waals surface area contributed by atoms with Gasteiger partial charge in [0.05, 0.1) is 6.10 Å². The largest absolute Gasteiger partial charge is 0.490 e. The maximum atomic E-state index is 6.10. The van der Waals surface area contributed by atoms with Gasteiger partial charge in [-0.3, -0.25) is 0 Å². The fourth-order valence-electron chi connectivity index (χ4n) is 2.87. The fourth-order valence-corrected chi connectivity index (χ4v) is 2.87. The summed E-state index contributed by atoms with van der Waals surface area (Å²) in [7, 11) is 0. The summed E-state index contributed by atoms with van der Waals surface area (Å²) >= 11 is 0. The van der Waals surface area contributed by atoms with E-state index in [1.54, 1.807) is 0 Å². The van der Waals surface area contributed by atoms with Crippen molar-refractivity contribution in [3.05, 3.63) is 29.3 Å². The van der Waals surface area contributed by atoms with Gasteiger partial charge in [0.2, 0.25) is 0 Å². The van der Waals surface area contributed by atoms with E-state index in [1.165, 1.54) is 24.0 Å². The Morgan fingerprint density at radius 3 is 2.94 bits per heavy atom. The Balaban J connectivity index is 2.14. The lowest BCUT2D eigenvalue weighted by Crippen LogP contribution is -2.18. The number of hydrogen-bond acceptors (Lipinski definition) is 2. The minimum Gasteiger partial charge on any atom is -0.490 e. The average Bonchev–Trinajstić information content (AvgIpc) is 2.75. The van der Waals surface area contributed by atoms with Crippen LogP contribution < -0.4 is 10.1 Å². The van der Waals surface area contributed by atoms with Crippen molar-refractivity contribution in [3.63, 3.8) is 0 Å². The molecule has 0 saturated heterocycles. The Hall–Kier alpha value is -1.02. The zero-order valence-electron chi connectivity index (χ0n) is 11.8. The molecular weight excluding hydrogens is 222 g/mol. The first-order valence-corrected chi connectivity index (χ1v) is 7.28. The van der Waals surface area contributed by atoms with E-state index in [0.717, 1.165) is 25.1 Å². The van der Waals surface area contributed by atoms with E-state index < -0.39 is 0 Å². The van der Waals surface area contributed by atoms with Crippen molar-refractivity contribution in [1.29, 1.82) is 0 Å². The number of benzene rings is 1. The molecule has 0 saturated carbocycles. The van der Waals surface area contributed by atoms with Crippen LogP contribution in [0.1, 0.15) is 57.2 Å². The molecule has 2 nitrogen and oxygen atoms in total. The lowest BCUT2D eigenvalue weighted by Gasteiger charge is -2.17. The third-order valence-corrected chi connectivity index (χ3v) is 3.70. The molecule has 0 spiro atoms. The minimum absolute atomic E-state index is 0.319. The molecule has 1 N–H and O–H groups in total. The second-order valence-electron chi connectivity index (χ2n) is 5.19. The van der Waals surface area contributed by atoms with Crippen molar-refractivity contribution in [2.45, 2.75) is 58.6 Å². The summed E-state index contributed by atoms with van der Waals surface area (Å²) < 4.78 is 6.10. The molecule has 2 heteroatoms. The number of fused-ring (bicyclic) bond motifs is 1. The molecule has 0 heterocycles. The summed E-state index contributed by atoms with van der Waals surface area (Å²) in [5, 5.41) is 3.55. The van der Waals surface area contributed by atoms with E-state index in [1.807, 2.05) is 0 Å². The number of nitrogens with one attached hydrogen (secondary N) is 1. The van der Waals surface area contributed by atoms with Crippen LogP contribution in [0, 0.1) is 0 Å². The summed E-state index contributed by atoms with van der Waals surface area (Å²) in [5.74, 6) is 1.11. The summed E-state index contributed by atoms with van der Waals surface area (Å²) in [4.78, 5) is 0. The molecule has 1 aliphatic carbocycles. The Morgan fingerprint density at radius 2 is 2.22 bits per heavy atom. The molecule has 0 bridgehead atoms. The molecule has 0 aromatic heterocycles. The van der Waals surface area contributed by atoms with Crippen LogP contribution >= 0.6 is 0 Å². The van der Waals surface area contributed by atoms with Gasteiger partial charge in [-0.15, -0.1) is 0 Å². The van der Waals surface area contributed by atoms with Crippen LogP contribution in [0.25, 0.3) is 0 Å². The third-order valence-electron chi connectivity index (χ3n) is 3.70. The SMILES string of the molecule is CCCC(C)Oc1cccc2c1CCC2NCC. The molecule has 100 valence electrons. The van der Waals surface area contributed by atoms with Crippen molar-refractivity contribution in [2.75, 3.05) is 6.54 Å². The monoisotopic (exact) mass is 247 g/mol. The highest BCUT2D eigenvalue weighted by molar-refractivity contribution is 5.45. The number of hydrogen-bond donors (Lipinski definition) is 1. The van der Waals surface area contributed by atoms with Gasteiger partial charge in [0.25, 0.3) is 0 Å². The first kappa shape index (κ1) is 13.4. The summed E-state index contributed by atoms with van der Waals surface area (Å²) in [6.07, 6.45) is 4.96. The third kappa shape index (κ3) is 2.86. The molecule has 1 aliphatic rings. The van der Waals surface area contributed by atoms with E-state index in [0.29, 0.717) is 12.1 Å². The van der Waals surface area contributed by atoms with E-state index in [9.17, 15) is 0 Å². The van der Waals surface area contributed by atoms with Crippen molar-refractivity contribution >= 4 is 0 Å². The van der Waals surface area contributed by atoms with Crippen molar-refractivity contribution in [1.82, 2.24) is 5.32 Å². The standard InChI is InChI=1S/C16H25NO/c1-4-7-12(3)18-16-9-6-8-13-14(16)10-11-15(13)17-5-2/h6,8-9,12,15,17H,4-5,7,10-11H2,1-3H3. The Labute approximate surface area is 111 Å². The van der Waals surface area contributed by atoms with Crippen molar-refractivity contribution in [3.8, 4) is 5.75 Å². The van der Waals surface area contributed by atoms with Gasteiger partial charge < -0.3 is 10.1 Å². The molecule has 0 amide bonds. The maximum absolute atomic E-state index is 6.10. The van der Waals surface area contributed by atoms with Crippen LogP contribution in [-0.4, -0.2) is 12.6 Å².